The van der Waals surface area contributed by atoms with Crippen LogP contribution in [0.15, 0.2) is 30.3 Å². The van der Waals surface area contributed by atoms with Crippen molar-refractivity contribution in [3.8, 4) is 0 Å². The minimum absolute atomic E-state index is 0.233. The van der Waals surface area contributed by atoms with Gasteiger partial charge in [-0.15, -0.1) is 11.3 Å². The molecule has 2 aliphatic rings. The maximum absolute atomic E-state index is 13.1. The largest absolute Gasteiger partial charge is 0.490 e. The molecule has 2 fully saturated rings. The molecule has 0 saturated carbocycles. The highest BCUT2D eigenvalue weighted by Gasteiger charge is 2.49. The van der Waals surface area contributed by atoms with Crippen molar-refractivity contribution >= 4 is 28.9 Å². The number of rotatable bonds is 3. The number of aliphatic carboxylic acids is 1. The second kappa shape index (κ2) is 9.04. The zero-order valence-corrected chi connectivity index (χ0v) is 16.7. The molecule has 8 nitrogen and oxygen atoms in total. The molecule has 12 heteroatoms. The van der Waals surface area contributed by atoms with Gasteiger partial charge in [-0.2, -0.15) is 13.2 Å². The number of anilines is 1. The molecule has 0 aliphatic carbocycles. The Kier molecular flexibility index (Phi) is 6.66. The molecule has 1 atom stereocenters. The summed E-state index contributed by atoms with van der Waals surface area (Å²) in [6, 6.07) is 0. The Hall–Kier alpha value is -2.60. The molecule has 1 amide bonds. The zero-order valence-electron chi connectivity index (χ0n) is 15.9. The van der Waals surface area contributed by atoms with Crippen molar-refractivity contribution in [2.45, 2.75) is 32.0 Å². The summed E-state index contributed by atoms with van der Waals surface area (Å²) in [5.41, 5.74) is 0.567. The fourth-order valence-electron chi connectivity index (χ4n) is 3.76. The summed E-state index contributed by atoms with van der Waals surface area (Å²) < 4.78 is 31.7. The lowest BCUT2D eigenvalue weighted by Crippen LogP contribution is -2.47. The normalized spacial score (nSPS) is 22.1. The summed E-state index contributed by atoms with van der Waals surface area (Å²) in [7, 11) is 0. The first kappa shape index (κ1) is 22.1. The summed E-state index contributed by atoms with van der Waals surface area (Å²) in [6.45, 7) is 3.48. The number of likely N-dealkylation sites (tertiary alicyclic amines) is 1. The highest BCUT2D eigenvalue weighted by Crippen LogP contribution is 2.41. The van der Waals surface area contributed by atoms with E-state index < -0.39 is 12.1 Å². The van der Waals surface area contributed by atoms with Gasteiger partial charge in [-0.05, 0) is 25.8 Å². The van der Waals surface area contributed by atoms with E-state index in [4.69, 9.17) is 9.90 Å². The topological polar surface area (TPSA) is 99.5 Å². The Morgan fingerprint density at radius 3 is 2.53 bits per heavy atom. The quantitative estimate of drug-likeness (QED) is 0.778. The number of aromatic nitrogens is 3. The van der Waals surface area contributed by atoms with Gasteiger partial charge < -0.3 is 10.0 Å². The molecular weight excluding hydrogens is 423 g/mol. The molecule has 30 heavy (non-hydrogen) atoms. The van der Waals surface area contributed by atoms with Gasteiger partial charge >= 0.3 is 12.1 Å². The van der Waals surface area contributed by atoms with Crippen molar-refractivity contribution in [3.63, 3.8) is 0 Å². The predicted molar refractivity (Wildman–Crippen MR) is 102 cm³/mol. The van der Waals surface area contributed by atoms with Gasteiger partial charge in [0.2, 0.25) is 5.91 Å². The van der Waals surface area contributed by atoms with E-state index in [0.29, 0.717) is 0 Å². The number of thiazole rings is 1. The monoisotopic (exact) mass is 443 g/mol. The number of carbonyl (C=O) groups excluding carboxylic acids is 1. The van der Waals surface area contributed by atoms with Crippen LogP contribution in [0, 0.1) is 5.41 Å². The first-order chi connectivity index (χ1) is 14.2. The molecule has 0 radical (unpaired) electrons. The van der Waals surface area contributed by atoms with Crippen molar-refractivity contribution in [2.75, 3.05) is 24.5 Å². The minimum Gasteiger partial charge on any atom is -0.475 e. The number of hydrogen-bond donors (Lipinski definition) is 1. The first-order valence-corrected chi connectivity index (χ1v) is 10.1. The van der Waals surface area contributed by atoms with Crippen molar-refractivity contribution in [2.24, 2.45) is 5.41 Å². The SMILES string of the molecule is O=C(O)C(F)(F)F.O=C1N(c2cncnc2)CCC12CCCN(Cc1nccs1)C2. The molecule has 4 rings (SSSR count). The number of carbonyl (C=O) groups is 2. The number of carboxylic acid groups (broad SMARTS) is 1. The number of piperidine rings is 1. The third-order valence-corrected chi connectivity index (χ3v) is 5.88. The first-order valence-electron chi connectivity index (χ1n) is 9.19. The lowest BCUT2D eigenvalue weighted by molar-refractivity contribution is -0.192. The van der Waals surface area contributed by atoms with Gasteiger partial charge in [0.25, 0.3) is 0 Å². The predicted octanol–water partition coefficient (Wildman–Crippen LogP) is 2.59. The van der Waals surface area contributed by atoms with Crippen LogP contribution in [0.25, 0.3) is 0 Å². The number of carboxylic acids is 1. The third-order valence-electron chi connectivity index (χ3n) is 5.11. The number of amides is 1. The van der Waals surface area contributed by atoms with E-state index in [-0.39, 0.29) is 11.3 Å². The van der Waals surface area contributed by atoms with Crippen LogP contribution in [-0.4, -0.2) is 62.6 Å². The van der Waals surface area contributed by atoms with Gasteiger partial charge in [0.15, 0.2) is 0 Å². The third kappa shape index (κ3) is 5.11. The van der Waals surface area contributed by atoms with Crippen LogP contribution in [0.3, 0.4) is 0 Å². The average Bonchev–Trinajstić information content (AvgIpc) is 3.32. The number of alkyl halides is 3. The Morgan fingerprint density at radius 2 is 1.93 bits per heavy atom. The number of halogens is 3. The van der Waals surface area contributed by atoms with Crippen LogP contribution in [0.2, 0.25) is 0 Å². The average molecular weight is 443 g/mol. The standard InChI is InChI=1S/C16H19N5OS.C2HF3O2/c22-15-16(3-6-21(15)13-8-17-12-18-9-13)2-1-5-20(11-16)10-14-19-4-7-23-14;3-2(4,5)1(6)7/h4,7-9,12H,1-3,5-6,10-11H2;(H,6,7). The zero-order chi connectivity index (χ0) is 21.8. The van der Waals surface area contributed by atoms with Crippen LogP contribution < -0.4 is 4.90 Å². The fourth-order valence-corrected chi connectivity index (χ4v) is 4.42. The second-order valence-electron chi connectivity index (χ2n) is 7.13. The van der Waals surface area contributed by atoms with Crippen LogP contribution in [0.1, 0.15) is 24.3 Å². The van der Waals surface area contributed by atoms with Crippen LogP contribution in [0.5, 0.6) is 0 Å². The van der Waals surface area contributed by atoms with Gasteiger partial charge in [-0.1, -0.05) is 0 Å². The minimum atomic E-state index is -5.08. The van der Waals surface area contributed by atoms with E-state index in [2.05, 4.69) is 19.9 Å². The molecule has 1 spiro atoms. The van der Waals surface area contributed by atoms with Crippen molar-refractivity contribution in [3.05, 3.63) is 35.3 Å². The van der Waals surface area contributed by atoms with Crippen molar-refractivity contribution in [1.29, 1.82) is 0 Å². The highest BCUT2D eigenvalue weighted by molar-refractivity contribution is 7.09. The molecular formula is C18H20F3N5O3S. The Bertz CT molecular complexity index is 866. The Morgan fingerprint density at radius 1 is 1.23 bits per heavy atom. The van der Waals surface area contributed by atoms with Crippen LogP contribution in [0.4, 0.5) is 18.9 Å². The molecule has 0 bridgehead atoms. The summed E-state index contributed by atoms with van der Waals surface area (Å²) in [4.78, 5) is 38.6. The molecule has 0 aromatic carbocycles. The molecule has 4 heterocycles. The number of nitrogens with zero attached hydrogens (tertiary/aromatic N) is 5. The van der Waals surface area contributed by atoms with E-state index >= 15 is 0 Å². The van der Waals surface area contributed by atoms with Crippen molar-refractivity contribution < 1.29 is 27.9 Å². The summed E-state index contributed by atoms with van der Waals surface area (Å²) >= 11 is 1.68. The van der Waals surface area contributed by atoms with E-state index in [1.54, 1.807) is 23.7 Å². The fraction of sp³-hybridized carbons (Fsp3) is 0.500. The molecule has 1 unspecified atom stereocenters. The molecule has 1 N–H and O–H groups in total. The second-order valence-corrected chi connectivity index (χ2v) is 8.11. The lowest BCUT2D eigenvalue weighted by Gasteiger charge is -2.38. The van der Waals surface area contributed by atoms with Gasteiger partial charge in [0, 0.05) is 24.7 Å². The Balaban J connectivity index is 0.000000318. The summed E-state index contributed by atoms with van der Waals surface area (Å²) in [5, 5.41) is 10.3. The van der Waals surface area contributed by atoms with E-state index in [0.717, 1.165) is 56.1 Å². The smallest absolute Gasteiger partial charge is 0.475 e. The molecule has 162 valence electrons. The van der Waals surface area contributed by atoms with E-state index in [9.17, 15) is 18.0 Å². The Labute approximate surface area is 174 Å². The lowest BCUT2D eigenvalue weighted by atomic mass is 9.78. The summed E-state index contributed by atoms with van der Waals surface area (Å²) in [6.07, 6.45) is 4.66. The highest BCUT2D eigenvalue weighted by atomic mass is 32.1. The molecule has 2 aromatic rings. The van der Waals surface area contributed by atoms with Crippen LogP contribution >= 0.6 is 11.3 Å². The molecule has 2 aromatic heterocycles. The van der Waals surface area contributed by atoms with Gasteiger partial charge in [-0.25, -0.2) is 19.7 Å². The molecule has 2 aliphatic heterocycles. The van der Waals surface area contributed by atoms with Gasteiger partial charge in [-0.3, -0.25) is 9.69 Å². The summed E-state index contributed by atoms with van der Waals surface area (Å²) in [5.74, 6) is -2.52. The van der Waals surface area contributed by atoms with E-state index in [1.165, 1.54) is 6.33 Å². The van der Waals surface area contributed by atoms with Gasteiger partial charge in [0.1, 0.15) is 11.3 Å². The van der Waals surface area contributed by atoms with E-state index in [1.807, 2.05) is 16.5 Å². The maximum Gasteiger partial charge on any atom is 0.490 e. The van der Waals surface area contributed by atoms with Gasteiger partial charge in [0.05, 0.1) is 30.0 Å². The maximum atomic E-state index is 13.1. The van der Waals surface area contributed by atoms with Crippen LogP contribution in [-0.2, 0) is 16.1 Å². The number of hydrogen-bond acceptors (Lipinski definition) is 7. The molecule has 2 saturated heterocycles. The van der Waals surface area contributed by atoms with Crippen molar-refractivity contribution in [1.82, 2.24) is 19.9 Å².